The molecule has 1 aromatic rings. The molecule has 0 aliphatic carbocycles. The molecule has 0 amide bonds. The van der Waals surface area contributed by atoms with Crippen molar-refractivity contribution < 1.29 is 9.84 Å². The molecule has 2 heterocycles. The molecule has 5 heteroatoms. The first-order chi connectivity index (χ1) is 8.33. The lowest BCUT2D eigenvalue weighted by Gasteiger charge is -2.32. The van der Waals surface area contributed by atoms with Gasteiger partial charge in [0.05, 0.1) is 24.7 Å². The summed E-state index contributed by atoms with van der Waals surface area (Å²) in [5.41, 5.74) is 0.614. The Morgan fingerprint density at radius 2 is 2.12 bits per heavy atom. The average molecular weight is 237 g/mol. The van der Waals surface area contributed by atoms with E-state index in [9.17, 15) is 0 Å². The molecular weight excluding hydrogens is 218 g/mol. The Morgan fingerprint density at radius 3 is 2.65 bits per heavy atom. The fourth-order valence-electron chi connectivity index (χ4n) is 2.16. The van der Waals surface area contributed by atoms with E-state index in [-0.39, 0.29) is 6.61 Å². The van der Waals surface area contributed by atoms with Crippen molar-refractivity contribution in [3.63, 3.8) is 0 Å². The predicted molar refractivity (Wildman–Crippen MR) is 64.8 cm³/mol. The van der Waals surface area contributed by atoms with Gasteiger partial charge in [-0.05, 0) is 18.8 Å². The first-order valence-corrected chi connectivity index (χ1v) is 5.99. The van der Waals surface area contributed by atoms with Gasteiger partial charge in [-0.25, -0.2) is 4.98 Å². The van der Waals surface area contributed by atoms with Crippen LogP contribution in [0.2, 0.25) is 0 Å². The molecule has 94 valence electrons. The summed E-state index contributed by atoms with van der Waals surface area (Å²) in [7, 11) is 1.76. The van der Waals surface area contributed by atoms with E-state index in [0.29, 0.717) is 11.6 Å². The number of piperidine rings is 1. The molecule has 1 aromatic heterocycles. The molecule has 0 atom stereocenters. The molecule has 1 aliphatic heterocycles. The van der Waals surface area contributed by atoms with Gasteiger partial charge in [0.25, 0.3) is 0 Å². The van der Waals surface area contributed by atoms with Gasteiger partial charge in [-0.15, -0.1) is 0 Å². The Hall–Kier alpha value is -1.20. The van der Waals surface area contributed by atoms with Crippen molar-refractivity contribution in [3.8, 4) is 0 Å². The largest absolute Gasteiger partial charge is 0.390 e. The third kappa shape index (κ3) is 3.14. The molecule has 2 rings (SSSR count). The topological polar surface area (TPSA) is 58.5 Å². The second-order valence-electron chi connectivity index (χ2n) is 4.41. The summed E-state index contributed by atoms with van der Waals surface area (Å²) in [5, 5.41) is 8.90. The van der Waals surface area contributed by atoms with Crippen molar-refractivity contribution >= 4 is 5.82 Å². The third-order valence-electron chi connectivity index (χ3n) is 3.19. The summed E-state index contributed by atoms with van der Waals surface area (Å²) in [6, 6.07) is 0. The van der Waals surface area contributed by atoms with Crippen LogP contribution in [0.4, 0.5) is 5.82 Å². The number of rotatable bonds is 4. The van der Waals surface area contributed by atoms with E-state index in [1.54, 1.807) is 19.5 Å². The van der Waals surface area contributed by atoms with Crippen molar-refractivity contribution in [2.45, 2.75) is 19.4 Å². The average Bonchev–Trinajstić information content (AvgIpc) is 2.40. The van der Waals surface area contributed by atoms with Crippen molar-refractivity contribution in [2.24, 2.45) is 5.92 Å². The maximum Gasteiger partial charge on any atom is 0.147 e. The van der Waals surface area contributed by atoms with Crippen LogP contribution in [0.25, 0.3) is 0 Å². The minimum atomic E-state index is -0.0524. The monoisotopic (exact) mass is 237 g/mol. The van der Waals surface area contributed by atoms with E-state index in [1.165, 1.54) is 0 Å². The van der Waals surface area contributed by atoms with E-state index in [1.807, 2.05) is 0 Å². The van der Waals surface area contributed by atoms with Gasteiger partial charge in [-0.1, -0.05) is 0 Å². The fourth-order valence-corrected chi connectivity index (χ4v) is 2.16. The van der Waals surface area contributed by atoms with Crippen LogP contribution in [0.5, 0.6) is 0 Å². The van der Waals surface area contributed by atoms with Gasteiger partial charge in [-0.3, -0.25) is 4.98 Å². The quantitative estimate of drug-likeness (QED) is 0.840. The first-order valence-electron chi connectivity index (χ1n) is 5.99. The molecule has 0 saturated carbocycles. The van der Waals surface area contributed by atoms with Crippen LogP contribution in [-0.2, 0) is 11.3 Å². The highest BCUT2D eigenvalue weighted by molar-refractivity contribution is 5.36. The summed E-state index contributed by atoms with van der Waals surface area (Å²) in [6.07, 6.45) is 5.65. The summed E-state index contributed by atoms with van der Waals surface area (Å²) in [4.78, 5) is 10.7. The van der Waals surface area contributed by atoms with Crippen LogP contribution < -0.4 is 4.90 Å². The molecule has 0 radical (unpaired) electrons. The number of aliphatic hydroxyl groups is 1. The van der Waals surface area contributed by atoms with Crippen LogP contribution >= 0.6 is 0 Å². The molecule has 0 spiro atoms. The number of hydrogen-bond donors (Lipinski definition) is 1. The maximum atomic E-state index is 8.90. The molecule has 5 nitrogen and oxygen atoms in total. The third-order valence-corrected chi connectivity index (χ3v) is 3.19. The number of anilines is 1. The van der Waals surface area contributed by atoms with Crippen LogP contribution in [0.3, 0.4) is 0 Å². The zero-order chi connectivity index (χ0) is 12.1. The van der Waals surface area contributed by atoms with Gasteiger partial charge in [0, 0.05) is 26.8 Å². The minimum Gasteiger partial charge on any atom is -0.390 e. The van der Waals surface area contributed by atoms with Crippen molar-refractivity contribution in [1.82, 2.24) is 9.97 Å². The smallest absolute Gasteiger partial charge is 0.147 e. The summed E-state index contributed by atoms with van der Waals surface area (Å²) in [5.74, 6) is 1.57. The summed E-state index contributed by atoms with van der Waals surface area (Å²) >= 11 is 0. The van der Waals surface area contributed by atoms with E-state index in [0.717, 1.165) is 38.4 Å². The van der Waals surface area contributed by atoms with Gasteiger partial charge in [0.1, 0.15) is 5.82 Å². The van der Waals surface area contributed by atoms with E-state index < -0.39 is 0 Å². The minimum absolute atomic E-state index is 0.0524. The molecule has 0 bridgehead atoms. The normalized spacial score (nSPS) is 17.4. The zero-order valence-electron chi connectivity index (χ0n) is 10.2. The van der Waals surface area contributed by atoms with Crippen molar-refractivity contribution in [1.29, 1.82) is 0 Å². The van der Waals surface area contributed by atoms with Crippen LogP contribution in [0, 0.1) is 5.92 Å². The van der Waals surface area contributed by atoms with Gasteiger partial charge < -0.3 is 14.7 Å². The lowest BCUT2D eigenvalue weighted by molar-refractivity contribution is 0.139. The Labute approximate surface area is 101 Å². The number of nitrogens with zero attached hydrogens (tertiary/aromatic N) is 3. The highest BCUT2D eigenvalue weighted by Crippen LogP contribution is 2.21. The second-order valence-corrected chi connectivity index (χ2v) is 4.41. The standard InChI is InChI=1S/C12H19N3O2/c1-17-9-10-2-4-15(5-3-10)12-7-13-11(8-16)6-14-12/h6-7,10,16H,2-5,8-9H2,1H3. The second kappa shape index (κ2) is 5.93. The van der Waals surface area contributed by atoms with Gasteiger partial charge >= 0.3 is 0 Å². The van der Waals surface area contributed by atoms with E-state index >= 15 is 0 Å². The molecular formula is C12H19N3O2. The highest BCUT2D eigenvalue weighted by atomic mass is 16.5. The van der Waals surface area contributed by atoms with Gasteiger partial charge in [0.15, 0.2) is 0 Å². The Kier molecular flexibility index (Phi) is 4.28. The van der Waals surface area contributed by atoms with E-state index in [2.05, 4.69) is 14.9 Å². The lowest BCUT2D eigenvalue weighted by atomic mass is 9.98. The molecule has 17 heavy (non-hydrogen) atoms. The van der Waals surface area contributed by atoms with Gasteiger partial charge in [-0.2, -0.15) is 0 Å². The number of aromatic nitrogens is 2. The summed E-state index contributed by atoms with van der Waals surface area (Å²) < 4.78 is 5.18. The van der Waals surface area contributed by atoms with Crippen molar-refractivity contribution in [3.05, 3.63) is 18.1 Å². The van der Waals surface area contributed by atoms with Gasteiger partial charge in [0.2, 0.25) is 0 Å². The Morgan fingerprint density at radius 1 is 1.35 bits per heavy atom. The first kappa shape index (κ1) is 12.3. The number of ether oxygens (including phenoxy) is 1. The molecule has 1 saturated heterocycles. The molecule has 0 aromatic carbocycles. The Balaban J connectivity index is 1.91. The number of hydrogen-bond acceptors (Lipinski definition) is 5. The molecule has 1 N–H and O–H groups in total. The summed E-state index contributed by atoms with van der Waals surface area (Å²) in [6.45, 7) is 2.80. The predicted octanol–water partition coefficient (Wildman–Crippen LogP) is 0.832. The highest BCUT2D eigenvalue weighted by Gasteiger charge is 2.19. The fraction of sp³-hybridized carbons (Fsp3) is 0.667. The number of aliphatic hydroxyl groups excluding tert-OH is 1. The van der Waals surface area contributed by atoms with Crippen LogP contribution in [0.15, 0.2) is 12.4 Å². The van der Waals surface area contributed by atoms with E-state index in [4.69, 9.17) is 9.84 Å². The SMILES string of the molecule is COCC1CCN(c2cnc(CO)cn2)CC1. The molecule has 1 aliphatic rings. The van der Waals surface area contributed by atoms with Crippen LogP contribution in [-0.4, -0.2) is 41.9 Å². The maximum absolute atomic E-state index is 8.90. The molecule has 0 unspecified atom stereocenters. The Bertz CT molecular complexity index is 334. The van der Waals surface area contributed by atoms with Crippen LogP contribution in [0.1, 0.15) is 18.5 Å². The molecule has 1 fully saturated rings. The van der Waals surface area contributed by atoms with Crippen molar-refractivity contribution in [2.75, 3.05) is 31.7 Å². The lowest BCUT2D eigenvalue weighted by Crippen LogP contribution is -2.35. The zero-order valence-corrected chi connectivity index (χ0v) is 10.2. The number of methoxy groups -OCH3 is 1.